The minimum Gasteiger partial charge on any atom is -0.489 e. The molecule has 0 amide bonds. The van der Waals surface area contributed by atoms with Crippen LogP contribution in [0.5, 0.6) is 5.75 Å². The average Bonchev–Trinajstić information content (AvgIpc) is 2.38. The third-order valence-corrected chi connectivity index (χ3v) is 3.51. The van der Waals surface area contributed by atoms with Crippen LogP contribution < -0.4 is 4.74 Å². The number of ether oxygens (including phenoxy) is 1. The van der Waals surface area contributed by atoms with Gasteiger partial charge in [0.05, 0.1) is 0 Å². The lowest BCUT2D eigenvalue weighted by atomic mass is 9.99. The van der Waals surface area contributed by atoms with Crippen LogP contribution in [-0.2, 0) is 0 Å². The molecule has 2 atom stereocenters. The van der Waals surface area contributed by atoms with Crippen LogP contribution in [0.4, 0.5) is 4.39 Å². The van der Waals surface area contributed by atoms with E-state index in [9.17, 15) is 9.50 Å². The van der Waals surface area contributed by atoms with E-state index >= 15 is 0 Å². The highest BCUT2D eigenvalue weighted by Gasteiger charge is 2.21. The van der Waals surface area contributed by atoms with Crippen molar-refractivity contribution >= 4 is 0 Å². The molecule has 1 fully saturated rings. The van der Waals surface area contributed by atoms with Crippen molar-refractivity contribution < 1.29 is 14.2 Å². The van der Waals surface area contributed by atoms with Gasteiger partial charge in [-0.25, -0.2) is 4.39 Å². The van der Waals surface area contributed by atoms with Crippen molar-refractivity contribution in [1.29, 1.82) is 0 Å². The minimum atomic E-state index is -0.275. The van der Waals surface area contributed by atoms with Crippen molar-refractivity contribution in [2.24, 2.45) is 5.92 Å². The number of aliphatic hydroxyl groups is 1. The smallest absolute Gasteiger partial charge is 0.126 e. The zero-order valence-electron chi connectivity index (χ0n) is 11.4. The molecule has 2 unspecified atom stereocenters. The average molecular weight is 267 g/mol. The maximum absolute atomic E-state index is 13.1. The lowest BCUT2D eigenvalue weighted by Gasteiger charge is -2.33. The molecular formula is C15H22FNO2. The lowest BCUT2D eigenvalue weighted by Crippen LogP contribution is -2.41. The van der Waals surface area contributed by atoms with E-state index in [2.05, 4.69) is 4.90 Å². The van der Waals surface area contributed by atoms with Crippen LogP contribution in [0.2, 0.25) is 0 Å². The molecule has 0 radical (unpaired) electrons. The normalized spacial score (nSPS) is 22.2. The van der Waals surface area contributed by atoms with Crippen LogP contribution in [0.1, 0.15) is 19.8 Å². The Balaban J connectivity index is 1.82. The van der Waals surface area contributed by atoms with Gasteiger partial charge in [-0.05, 0) is 44.4 Å². The highest BCUT2D eigenvalue weighted by atomic mass is 19.1. The van der Waals surface area contributed by atoms with Gasteiger partial charge in [0.25, 0.3) is 0 Å². The van der Waals surface area contributed by atoms with Gasteiger partial charge >= 0.3 is 0 Å². The molecule has 2 rings (SSSR count). The van der Waals surface area contributed by atoms with Gasteiger partial charge in [-0.2, -0.15) is 0 Å². The number of likely N-dealkylation sites (tertiary alicyclic amines) is 1. The molecule has 1 aliphatic heterocycles. The monoisotopic (exact) mass is 267 g/mol. The summed E-state index contributed by atoms with van der Waals surface area (Å²) in [6.07, 6.45) is 2.24. The molecule has 1 heterocycles. The van der Waals surface area contributed by atoms with Crippen LogP contribution in [0.15, 0.2) is 24.3 Å². The molecule has 3 nitrogen and oxygen atoms in total. The van der Waals surface area contributed by atoms with Crippen molar-refractivity contribution in [2.75, 3.05) is 26.2 Å². The fourth-order valence-electron chi connectivity index (χ4n) is 2.64. The highest BCUT2D eigenvalue weighted by Crippen LogP contribution is 2.18. The molecule has 1 N–H and O–H groups in total. The summed E-state index contributed by atoms with van der Waals surface area (Å²) in [5.74, 6) is 0.682. The Hall–Kier alpha value is -1.13. The highest BCUT2D eigenvalue weighted by molar-refractivity contribution is 5.22. The third-order valence-electron chi connectivity index (χ3n) is 3.51. The molecule has 106 valence electrons. The molecule has 1 saturated heterocycles. The maximum Gasteiger partial charge on any atom is 0.126 e. The number of hydrogen-bond donors (Lipinski definition) is 1. The predicted molar refractivity (Wildman–Crippen MR) is 72.7 cm³/mol. The SMILES string of the molecule is CC(CN1CCCC(CO)C1)Oc1cccc(F)c1. The van der Waals surface area contributed by atoms with E-state index in [1.54, 1.807) is 12.1 Å². The molecular weight excluding hydrogens is 245 g/mol. The topological polar surface area (TPSA) is 32.7 Å². The van der Waals surface area contributed by atoms with E-state index in [1.807, 2.05) is 6.92 Å². The summed E-state index contributed by atoms with van der Waals surface area (Å²) in [5, 5.41) is 9.21. The second-order valence-corrected chi connectivity index (χ2v) is 5.34. The molecule has 0 saturated carbocycles. The molecule has 4 heteroatoms. The Morgan fingerprint density at radius 3 is 3.11 bits per heavy atom. The van der Waals surface area contributed by atoms with Gasteiger partial charge in [0.15, 0.2) is 0 Å². The molecule has 1 aliphatic rings. The van der Waals surface area contributed by atoms with Gasteiger partial charge in [-0.1, -0.05) is 6.07 Å². The van der Waals surface area contributed by atoms with Crippen LogP contribution in [0, 0.1) is 11.7 Å². The Bertz CT molecular complexity index is 399. The number of halogens is 1. The third kappa shape index (κ3) is 4.48. The zero-order valence-corrected chi connectivity index (χ0v) is 11.4. The van der Waals surface area contributed by atoms with E-state index in [4.69, 9.17) is 4.74 Å². The first-order valence-corrected chi connectivity index (χ1v) is 6.93. The zero-order chi connectivity index (χ0) is 13.7. The molecule has 1 aromatic rings. The second-order valence-electron chi connectivity index (χ2n) is 5.34. The molecule has 0 bridgehead atoms. The summed E-state index contributed by atoms with van der Waals surface area (Å²) in [4.78, 5) is 2.31. The molecule has 0 aromatic heterocycles. The summed E-state index contributed by atoms with van der Waals surface area (Å²) in [6, 6.07) is 6.24. The number of hydrogen-bond acceptors (Lipinski definition) is 3. The van der Waals surface area contributed by atoms with Crippen LogP contribution >= 0.6 is 0 Å². The number of aliphatic hydroxyl groups excluding tert-OH is 1. The van der Waals surface area contributed by atoms with E-state index in [-0.39, 0.29) is 18.5 Å². The minimum absolute atomic E-state index is 0.0132. The quantitative estimate of drug-likeness (QED) is 0.888. The fraction of sp³-hybridized carbons (Fsp3) is 0.600. The van der Waals surface area contributed by atoms with Crippen molar-refractivity contribution in [3.8, 4) is 5.75 Å². The van der Waals surface area contributed by atoms with Crippen molar-refractivity contribution in [1.82, 2.24) is 4.90 Å². The van der Waals surface area contributed by atoms with Crippen molar-refractivity contribution in [2.45, 2.75) is 25.9 Å². The van der Waals surface area contributed by atoms with E-state index in [1.165, 1.54) is 12.1 Å². The van der Waals surface area contributed by atoms with Crippen LogP contribution in [0.25, 0.3) is 0 Å². The van der Waals surface area contributed by atoms with E-state index in [0.717, 1.165) is 32.5 Å². The Labute approximate surface area is 114 Å². The second kappa shape index (κ2) is 6.87. The first-order valence-electron chi connectivity index (χ1n) is 6.93. The molecule has 0 aliphatic carbocycles. The van der Waals surface area contributed by atoms with Crippen LogP contribution in [0.3, 0.4) is 0 Å². The van der Waals surface area contributed by atoms with Crippen LogP contribution in [-0.4, -0.2) is 42.4 Å². The summed E-state index contributed by atoms with van der Waals surface area (Å²) < 4.78 is 18.8. The first-order chi connectivity index (χ1) is 9.17. The Morgan fingerprint density at radius 2 is 2.37 bits per heavy atom. The van der Waals surface area contributed by atoms with Gasteiger partial charge in [-0.15, -0.1) is 0 Å². The largest absolute Gasteiger partial charge is 0.489 e. The van der Waals surface area contributed by atoms with E-state index in [0.29, 0.717) is 11.7 Å². The van der Waals surface area contributed by atoms with Gasteiger partial charge in [0.2, 0.25) is 0 Å². The number of piperidine rings is 1. The number of nitrogens with zero attached hydrogens (tertiary/aromatic N) is 1. The maximum atomic E-state index is 13.1. The summed E-state index contributed by atoms with van der Waals surface area (Å²) in [5.41, 5.74) is 0. The predicted octanol–water partition coefficient (Wildman–Crippen LogP) is 2.30. The van der Waals surface area contributed by atoms with Gasteiger partial charge in [0.1, 0.15) is 17.7 Å². The summed E-state index contributed by atoms with van der Waals surface area (Å²) in [7, 11) is 0. The van der Waals surface area contributed by atoms with E-state index < -0.39 is 0 Å². The van der Waals surface area contributed by atoms with Crippen molar-refractivity contribution in [3.05, 3.63) is 30.1 Å². The first kappa shape index (κ1) is 14.3. The molecule has 1 aromatic carbocycles. The number of benzene rings is 1. The summed E-state index contributed by atoms with van der Waals surface area (Å²) in [6.45, 7) is 5.04. The van der Waals surface area contributed by atoms with Gasteiger partial charge < -0.3 is 9.84 Å². The Morgan fingerprint density at radius 1 is 1.53 bits per heavy atom. The standard InChI is InChI=1S/C15H22FNO2/c1-12(19-15-6-2-5-14(16)8-15)9-17-7-3-4-13(10-17)11-18/h2,5-6,8,12-13,18H,3-4,7,9-11H2,1H3. The fourth-order valence-corrected chi connectivity index (χ4v) is 2.64. The molecule has 0 spiro atoms. The summed E-state index contributed by atoms with van der Waals surface area (Å²) >= 11 is 0. The number of rotatable bonds is 5. The molecule has 19 heavy (non-hydrogen) atoms. The van der Waals surface area contributed by atoms with Crippen molar-refractivity contribution in [3.63, 3.8) is 0 Å². The lowest BCUT2D eigenvalue weighted by molar-refractivity contribution is 0.0842. The Kier molecular flexibility index (Phi) is 5.16. The van der Waals surface area contributed by atoms with Gasteiger partial charge in [0, 0.05) is 25.8 Å². The van der Waals surface area contributed by atoms with Gasteiger partial charge in [-0.3, -0.25) is 4.90 Å².